The van der Waals surface area contributed by atoms with E-state index in [2.05, 4.69) is 20.7 Å². The number of ether oxygens (including phenoxy) is 3. The Kier molecular flexibility index (Phi) is 9.48. The first-order valence-electron chi connectivity index (χ1n) is 13.1. The number of thioether (sulfide) groups is 1. The molecule has 0 saturated carbocycles. The van der Waals surface area contributed by atoms with E-state index >= 15 is 0 Å². The zero-order valence-corrected chi connectivity index (χ0v) is 24.0. The average molecular weight is 580 g/mol. The van der Waals surface area contributed by atoms with Crippen LogP contribution in [-0.2, 0) is 11.4 Å². The lowest BCUT2D eigenvalue weighted by Crippen LogP contribution is -2.20. The molecule has 1 N–H and O–H groups in total. The summed E-state index contributed by atoms with van der Waals surface area (Å²) in [4.78, 5) is 12.6. The van der Waals surface area contributed by atoms with Gasteiger partial charge in [0.1, 0.15) is 12.4 Å². The molecule has 10 heteroatoms. The van der Waals surface area contributed by atoms with Gasteiger partial charge >= 0.3 is 0 Å². The minimum Gasteiger partial charge on any atom is -0.497 e. The Hall–Kier alpha value is -5.09. The van der Waals surface area contributed by atoms with Gasteiger partial charge in [0.05, 0.1) is 26.2 Å². The van der Waals surface area contributed by atoms with Crippen molar-refractivity contribution in [2.75, 3.05) is 20.0 Å². The lowest BCUT2D eigenvalue weighted by Gasteiger charge is -2.11. The Balaban J connectivity index is 1.22. The number of carbonyl (C=O) groups is 1. The molecule has 212 valence electrons. The van der Waals surface area contributed by atoms with Gasteiger partial charge in [0.15, 0.2) is 22.5 Å². The molecule has 0 aliphatic rings. The van der Waals surface area contributed by atoms with Crippen LogP contribution in [0.2, 0.25) is 0 Å². The van der Waals surface area contributed by atoms with Gasteiger partial charge in [-0.15, -0.1) is 10.2 Å². The minimum absolute atomic E-state index is 0.0933. The molecular weight excluding hydrogens is 550 g/mol. The highest BCUT2D eigenvalue weighted by Crippen LogP contribution is 2.30. The second-order valence-electron chi connectivity index (χ2n) is 8.97. The number of hydrogen-bond acceptors (Lipinski definition) is 8. The maximum Gasteiger partial charge on any atom is 0.250 e. The summed E-state index contributed by atoms with van der Waals surface area (Å²) in [6, 6.07) is 32.7. The quantitative estimate of drug-likeness (QED) is 0.114. The van der Waals surface area contributed by atoms with Gasteiger partial charge in [-0.25, -0.2) is 5.43 Å². The number of amides is 1. The molecule has 1 aromatic heterocycles. The maximum atomic E-state index is 12.6. The predicted octanol–water partition coefficient (Wildman–Crippen LogP) is 5.77. The van der Waals surface area contributed by atoms with E-state index < -0.39 is 0 Å². The minimum atomic E-state index is -0.281. The van der Waals surface area contributed by atoms with Crippen molar-refractivity contribution in [3.05, 3.63) is 114 Å². The number of nitrogens with zero attached hydrogens (tertiary/aromatic N) is 4. The van der Waals surface area contributed by atoms with Gasteiger partial charge in [-0.1, -0.05) is 72.4 Å². The smallest absolute Gasteiger partial charge is 0.250 e. The van der Waals surface area contributed by atoms with E-state index in [-0.39, 0.29) is 11.7 Å². The summed E-state index contributed by atoms with van der Waals surface area (Å²) in [5.41, 5.74) is 6.15. The van der Waals surface area contributed by atoms with Crippen molar-refractivity contribution in [3.63, 3.8) is 0 Å². The number of hydrogen-bond donors (Lipinski definition) is 1. The van der Waals surface area contributed by atoms with E-state index in [0.29, 0.717) is 29.1 Å². The molecule has 0 bridgehead atoms. The first-order valence-corrected chi connectivity index (χ1v) is 14.1. The summed E-state index contributed by atoms with van der Waals surface area (Å²) < 4.78 is 18.6. The van der Waals surface area contributed by atoms with E-state index in [1.54, 1.807) is 26.5 Å². The number of rotatable bonds is 12. The zero-order chi connectivity index (χ0) is 29.1. The number of nitrogens with one attached hydrogen (secondary N) is 1. The molecule has 0 aliphatic heterocycles. The van der Waals surface area contributed by atoms with E-state index in [9.17, 15) is 4.79 Å². The molecule has 0 aliphatic carbocycles. The van der Waals surface area contributed by atoms with Crippen LogP contribution in [0.1, 0.15) is 11.1 Å². The second kappa shape index (κ2) is 14.0. The number of methoxy groups -OCH3 is 2. The highest BCUT2D eigenvalue weighted by molar-refractivity contribution is 7.99. The van der Waals surface area contributed by atoms with Gasteiger partial charge in [-0.2, -0.15) is 5.10 Å². The predicted molar refractivity (Wildman–Crippen MR) is 164 cm³/mol. The SMILES string of the molecule is COc1ccc(-n2c(SCC(=O)NN=Cc3ccc(OCc4ccccc4)c(OC)c3)nnc2-c2ccccc2)cc1. The fraction of sp³-hybridized carbons (Fsp3) is 0.125. The molecule has 0 radical (unpaired) electrons. The van der Waals surface area contributed by atoms with Crippen LogP contribution in [0, 0.1) is 0 Å². The number of hydrazone groups is 1. The Labute approximate surface area is 248 Å². The van der Waals surface area contributed by atoms with Crippen LogP contribution in [-0.4, -0.2) is 46.9 Å². The van der Waals surface area contributed by atoms with Crippen molar-refractivity contribution in [3.8, 4) is 34.3 Å². The van der Waals surface area contributed by atoms with Gasteiger partial charge in [-0.3, -0.25) is 9.36 Å². The van der Waals surface area contributed by atoms with Crippen LogP contribution < -0.4 is 19.6 Å². The normalized spacial score (nSPS) is 10.9. The monoisotopic (exact) mass is 579 g/mol. The van der Waals surface area contributed by atoms with Gasteiger partial charge in [-0.05, 0) is 53.6 Å². The summed E-state index contributed by atoms with van der Waals surface area (Å²) in [5.74, 6) is 2.42. The van der Waals surface area contributed by atoms with E-state index in [4.69, 9.17) is 14.2 Å². The maximum absolute atomic E-state index is 12.6. The van der Waals surface area contributed by atoms with Crippen molar-refractivity contribution in [2.45, 2.75) is 11.8 Å². The molecule has 5 aromatic rings. The summed E-state index contributed by atoms with van der Waals surface area (Å²) in [7, 11) is 3.21. The highest BCUT2D eigenvalue weighted by Gasteiger charge is 2.17. The molecule has 5 rings (SSSR count). The van der Waals surface area contributed by atoms with Gasteiger partial charge in [0.25, 0.3) is 5.91 Å². The van der Waals surface area contributed by atoms with E-state index in [0.717, 1.165) is 28.1 Å². The van der Waals surface area contributed by atoms with Gasteiger partial charge < -0.3 is 14.2 Å². The molecule has 0 spiro atoms. The van der Waals surface area contributed by atoms with Crippen LogP contribution in [0.15, 0.2) is 113 Å². The third kappa shape index (κ3) is 7.15. The first kappa shape index (κ1) is 28.4. The topological polar surface area (TPSA) is 99.9 Å². The fourth-order valence-corrected chi connectivity index (χ4v) is 4.81. The molecule has 0 fully saturated rings. The average Bonchev–Trinajstić information content (AvgIpc) is 3.48. The molecule has 0 unspecified atom stereocenters. The lowest BCUT2D eigenvalue weighted by molar-refractivity contribution is -0.118. The van der Waals surface area contributed by atoms with Crippen LogP contribution in [0.3, 0.4) is 0 Å². The van der Waals surface area contributed by atoms with Crippen LogP contribution in [0.5, 0.6) is 17.2 Å². The first-order chi connectivity index (χ1) is 20.6. The Bertz CT molecular complexity index is 1640. The highest BCUT2D eigenvalue weighted by atomic mass is 32.2. The third-order valence-corrected chi connectivity index (χ3v) is 7.08. The molecule has 4 aromatic carbocycles. The third-order valence-electron chi connectivity index (χ3n) is 6.16. The van der Waals surface area contributed by atoms with Crippen LogP contribution in [0.4, 0.5) is 0 Å². The number of aromatic nitrogens is 3. The van der Waals surface area contributed by atoms with E-state index in [1.807, 2.05) is 102 Å². The summed E-state index contributed by atoms with van der Waals surface area (Å²) in [6.07, 6.45) is 1.55. The van der Waals surface area contributed by atoms with Crippen LogP contribution >= 0.6 is 11.8 Å². The van der Waals surface area contributed by atoms with Crippen molar-refractivity contribution >= 4 is 23.9 Å². The standard InChI is InChI=1S/C32H29N5O4S/c1-39-27-16-14-26(15-17-27)37-31(25-11-7-4-8-12-25)35-36-32(37)42-22-30(38)34-33-20-24-13-18-28(29(19-24)40-2)41-21-23-9-5-3-6-10-23/h3-20H,21-22H2,1-2H3,(H,34,38). The van der Waals surface area contributed by atoms with Crippen molar-refractivity contribution in [1.29, 1.82) is 0 Å². The van der Waals surface area contributed by atoms with Gasteiger partial charge in [0, 0.05) is 11.3 Å². The van der Waals surface area contributed by atoms with E-state index in [1.165, 1.54) is 11.8 Å². The molecule has 0 saturated heterocycles. The summed E-state index contributed by atoms with van der Waals surface area (Å²) in [6.45, 7) is 0.428. The molecule has 9 nitrogen and oxygen atoms in total. The zero-order valence-electron chi connectivity index (χ0n) is 23.1. The summed E-state index contributed by atoms with van der Waals surface area (Å²) >= 11 is 1.27. The second-order valence-corrected chi connectivity index (χ2v) is 9.91. The van der Waals surface area contributed by atoms with Crippen molar-refractivity contribution in [1.82, 2.24) is 20.2 Å². The Morgan fingerprint density at radius 2 is 1.62 bits per heavy atom. The molecule has 0 atom stereocenters. The Morgan fingerprint density at radius 3 is 2.33 bits per heavy atom. The molecule has 1 heterocycles. The Morgan fingerprint density at radius 1 is 0.881 bits per heavy atom. The fourth-order valence-electron chi connectivity index (χ4n) is 4.06. The molecule has 42 heavy (non-hydrogen) atoms. The summed E-state index contributed by atoms with van der Waals surface area (Å²) in [5, 5.41) is 13.5. The molecular formula is C32H29N5O4S. The van der Waals surface area contributed by atoms with Gasteiger partial charge in [0.2, 0.25) is 0 Å². The molecule has 1 amide bonds. The largest absolute Gasteiger partial charge is 0.497 e. The number of carbonyl (C=O) groups excluding carboxylic acids is 1. The lowest BCUT2D eigenvalue weighted by atomic mass is 10.2. The van der Waals surface area contributed by atoms with Crippen molar-refractivity contribution < 1.29 is 19.0 Å². The number of benzene rings is 4. The van der Waals surface area contributed by atoms with Crippen molar-refractivity contribution in [2.24, 2.45) is 5.10 Å². The van der Waals surface area contributed by atoms with Crippen LogP contribution in [0.25, 0.3) is 17.1 Å².